The van der Waals surface area contributed by atoms with Gasteiger partial charge in [-0.1, -0.05) is 0 Å². The van der Waals surface area contributed by atoms with E-state index in [0.29, 0.717) is 19.0 Å². The van der Waals surface area contributed by atoms with Crippen molar-refractivity contribution in [3.05, 3.63) is 29.8 Å². The van der Waals surface area contributed by atoms with Crippen LogP contribution in [-0.4, -0.2) is 47.0 Å². The topological polar surface area (TPSA) is 42.4 Å². The Hall–Kier alpha value is -1.20. The van der Waals surface area contributed by atoms with Crippen LogP contribution in [0.4, 0.5) is 4.39 Å². The highest BCUT2D eigenvalue weighted by atomic mass is 35.5. The van der Waals surface area contributed by atoms with Gasteiger partial charge in [-0.15, -0.1) is 11.6 Å². The fourth-order valence-corrected chi connectivity index (χ4v) is 2.08. The second-order valence-electron chi connectivity index (χ2n) is 4.31. The van der Waals surface area contributed by atoms with Crippen molar-refractivity contribution in [1.82, 2.24) is 9.88 Å². The smallest absolute Gasteiger partial charge is 0.255 e. The Bertz CT molecular complexity index is 444. The number of alkyl halides is 1. The minimum absolute atomic E-state index is 0.0553. The molecule has 4 nitrogen and oxygen atoms in total. The molecule has 1 saturated heterocycles. The lowest BCUT2D eigenvalue weighted by molar-refractivity contribution is -0.0372. The monoisotopic (exact) mass is 272 g/mol. The molecule has 98 valence electrons. The average Bonchev–Trinajstić information content (AvgIpc) is 2.38. The average molecular weight is 273 g/mol. The maximum absolute atomic E-state index is 13.1. The molecular weight excluding hydrogens is 259 g/mol. The molecule has 0 aliphatic carbocycles. The Kier molecular flexibility index (Phi) is 4.14. The predicted molar refractivity (Wildman–Crippen MR) is 65.2 cm³/mol. The molecule has 1 amide bonds. The van der Waals surface area contributed by atoms with Crippen LogP contribution in [0.5, 0.6) is 0 Å². The van der Waals surface area contributed by atoms with E-state index in [1.54, 1.807) is 4.90 Å². The summed E-state index contributed by atoms with van der Waals surface area (Å²) < 4.78 is 18.5. The van der Waals surface area contributed by atoms with Crippen LogP contribution < -0.4 is 0 Å². The molecule has 0 radical (unpaired) electrons. The van der Waals surface area contributed by atoms with E-state index in [-0.39, 0.29) is 23.6 Å². The van der Waals surface area contributed by atoms with Gasteiger partial charge >= 0.3 is 0 Å². The molecule has 6 heteroatoms. The summed E-state index contributed by atoms with van der Waals surface area (Å²) in [4.78, 5) is 17.6. The molecule has 0 bridgehead atoms. The fourth-order valence-electron chi connectivity index (χ4n) is 1.89. The van der Waals surface area contributed by atoms with Crippen LogP contribution in [0.25, 0.3) is 0 Å². The second-order valence-corrected chi connectivity index (χ2v) is 4.62. The Morgan fingerprint density at radius 2 is 2.44 bits per heavy atom. The first-order valence-corrected chi connectivity index (χ1v) is 6.24. The van der Waals surface area contributed by atoms with Crippen LogP contribution in [0, 0.1) is 5.82 Å². The van der Waals surface area contributed by atoms with Crippen LogP contribution in [-0.2, 0) is 4.74 Å². The van der Waals surface area contributed by atoms with E-state index in [2.05, 4.69) is 4.98 Å². The predicted octanol–water partition coefficient (Wildman–Crippen LogP) is 1.69. The lowest BCUT2D eigenvalue weighted by Gasteiger charge is -2.37. The van der Waals surface area contributed by atoms with Crippen molar-refractivity contribution >= 4 is 17.5 Å². The zero-order chi connectivity index (χ0) is 13.1. The van der Waals surface area contributed by atoms with E-state index >= 15 is 0 Å². The summed E-state index contributed by atoms with van der Waals surface area (Å²) in [7, 11) is 0. The van der Waals surface area contributed by atoms with Gasteiger partial charge in [0.15, 0.2) is 0 Å². The van der Waals surface area contributed by atoms with Gasteiger partial charge in [-0.2, -0.15) is 0 Å². The number of hydrogen-bond acceptors (Lipinski definition) is 3. The minimum Gasteiger partial charge on any atom is -0.373 e. The maximum atomic E-state index is 13.1. The third-order valence-electron chi connectivity index (χ3n) is 2.89. The van der Waals surface area contributed by atoms with E-state index in [9.17, 15) is 9.18 Å². The molecule has 1 aromatic heterocycles. The van der Waals surface area contributed by atoms with Crippen LogP contribution in [0.2, 0.25) is 0 Å². The molecule has 2 rings (SSSR count). The van der Waals surface area contributed by atoms with Gasteiger partial charge in [0.1, 0.15) is 5.82 Å². The molecule has 1 fully saturated rings. The molecule has 0 saturated carbocycles. The molecule has 0 N–H and O–H groups in total. The van der Waals surface area contributed by atoms with Gasteiger partial charge in [0.2, 0.25) is 0 Å². The third kappa shape index (κ3) is 2.79. The van der Waals surface area contributed by atoms with Crippen molar-refractivity contribution in [2.75, 3.05) is 19.0 Å². The van der Waals surface area contributed by atoms with Crippen LogP contribution >= 0.6 is 11.6 Å². The normalized spacial score (nSPS) is 24.1. The van der Waals surface area contributed by atoms with Crippen molar-refractivity contribution in [3.63, 3.8) is 0 Å². The first-order valence-electron chi connectivity index (χ1n) is 5.71. The maximum Gasteiger partial charge on any atom is 0.255 e. The molecule has 0 aromatic carbocycles. The Balaban J connectivity index is 2.16. The summed E-state index contributed by atoms with van der Waals surface area (Å²) >= 11 is 5.73. The number of carbonyl (C=O) groups is 1. The number of halogens is 2. The Morgan fingerprint density at radius 1 is 1.67 bits per heavy atom. The molecular formula is C12H14ClFN2O2. The molecule has 0 spiro atoms. The molecule has 18 heavy (non-hydrogen) atoms. The van der Waals surface area contributed by atoms with Crippen LogP contribution in [0.3, 0.4) is 0 Å². The highest BCUT2D eigenvalue weighted by Crippen LogP contribution is 2.16. The summed E-state index contributed by atoms with van der Waals surface area (Å²) in [5, 5.41) is 0. The quantitative estimate of drug-likeness (QED) is 0.770. The summed E-state index contributed by atoms with van der Waals surface area (Å²) in [6.45, 7) is 2.74. The van der Waals surface area contributed by atoms with E-state index in [0.717, 1.165) is 6.20 Å². The van der Waals surface area contributed by atoms with Gasteiger partial charge in [-0.25, -0.2) is 4.39 Å². The molecule has 2 unspecified atom stereocenters. The number of nitrogens with zero attached hydrogens (tertiary/aromatic N) is 2. The zero-order valence-corrected chi connectivity index (χ0v) is 10.7. The van der Waals surface area contributed by atoms with Crippen molar-refractivity contribution in [2.45, 2.75) is 19.1 Å². The molecule has 1 aromatic rings. The SMILES string of the molecule is CC1COC(CCl)CN1C(=O)c1cncc(F)c1. The van der Waals surface area contributed by atoms with Crippen molar-refractivity contribution in [1.29, 1.82) is 0 Å². The number of morpholine rings is 1. The van der Waals surface area contributed by atoms with Gasteiger partial charge in [0.05, 0.1) is 36.4 Å². The number of hydrogen-bond donors (Lipinski definition) is 0. The van der Waals surface area contributed by atoms with Crippen molar-refractivity contribution in [3.8, 4) is 0 Å². The van der Waals surface area contributed by atoms with Gasteiger partial charge in [0.25, 0.3) is 5.91 Å². The zero-order valence-electron chi connectivity index (χ0n) is 9.97. The first kappa shape index (κ1) is 13.2. The molecule has 2 heterocycles. The van der Waals surface area contributed by atoms with Gasteiger partial charge in [0, 0.05) is 12.7 Å². The molecule has 2 atom stereocenters. The number of amides is 1. The fraction of sp³-hybridized carbons (Fsp3) is 0.500. The number of carbonyl (C=O) groups excluding carboxylic acids is 1. The first-order chi connectivity index (χ1) is 8.61. The minimum atomic E-state index is -0.518. The summed E-state index contributed by atoms with van der Waals surface area (Å²) in [5.74, 6) is -0.429. The van der Waals surface area contributed by atoms with Crippen molar-refractivity contribution in [2.24, 2.45) is 0 Å². The van der Waals surface area contributed by atoms with Crippen molar-refractivity contribution < 1.29 is 13.9 Å². The van der Waals surface area contributed by atoms with Crippen LogP contribution in [0.15, 0.2) is 18.5 Å². The largest absolute Gasteiger partial charge is 0.373 e. The highest BCUT2D eigenvalue weighted by molar-refractivity contribution is 6.18. The van der Waals surface area contributed by atoms with Gasteiger partial charge < -0.3 is 9.64 Å². The summed E-state index contributed by atoms with van der Waals surface area (Å²) in [6.07, 6.45) is 2.26. The lowest BCUT2D eigenvalue weighted by Crippen LogP contribution is -2.51. The van der Waals surface area contributed by atoms with E-state index < -0.39 is 5.82 Å². The van der Waals surface area contributed by atoms with E-state index in [1.807, 2.05) is 6.92 Å². The van der Waals surface area contributed by atoms with E-state index in [1.165, 1.54) is 12.3 Å². The number of ether oxygens (including phenoxy) is 1. The standard InChI is InChI=1S/C12H14ClFN2O2/c1-8-7-18-11(3-13)6-16(8)12(17)9-2-10(14)5-15-4-9/h2,4-5,8,11H,3,6-7H2,1H3. The number of aromatic nitrogens is 1. The highest BCUT2D eigenvalue weighted by Gasteiger charge is 2.30. The molecule has 1 aliphatic heterocycles. The van der Waals surface area contributed by atoms with Gasteiger partial charge in [-0.3, -0.25) is 9.78 Å². The molecule has 1 aliphatic rings. The Morgan fingerprint density at radius 3 is 3.11 bits per heavy atom. The van der Waals surface area contributed by atoms with E-state index in [4.69, 9.17) is 16.3 Å². The number of pyridine rings is 1. The van der Waals surface area contributed by atoms with Crippen LogP contribution in [0.1, 0.15) is 17.3 Å². The second kappa shape index (κ2) is 5.63. The summed E-state index contributed by atoms with van der Waals surface area (Å²) in [6, 6.07) is 1.13. The number of rotatable bonds is 2. The third-order valence-corrected chi connectivity index (χ3v) is 3.23. The summed E-state index contributed by atoms with van der Waals surface area (Å²) in [5.41, 5.74) is 0.247. The van der Waals surface area contributed by atoms with Gasteiger partial charge in [-0.05, 0) is 13.0 Å². The Labute approximate surface area is 110 Å². The lowest BCUT2D eigenvalue weighted by atomic mass is 10.1.